The topological polar surface area (TPSA) is 52.5 Å². The van der Waals surface area contributed by atoms with E-state index in [9.17, 15) is 10.2 Å². The summed E-state index contributed by atoms with van der Waals surface area (Å²) in [6.07, 6.45) is 0.335. The van der Waals surface area contributed by atoms with E-state index in [1.807, 2.05) is 12.1 Å². The van der Waals surface area contributed by atoms with Gasteiger partial charge in [-0.15, -0.1) is 0 Å². The second-order valence-corrected chi connectivity index (χ2v) is 6.83. The Balaban J connectivity index is 1.85. The SMILES string of the molecule is OC1CCC2C(CNC2(c2ccccc2)c2ccccc2)C1O. The molecule has 2 aliphatic rings. The Morgan fingerprint density at radius 1 is 0.826 bits per heavy atom. The number of benzene rings is 2. The molecule has 3 heteroatoms. The van der Waals surface area contributed by atoms with Crippen molar-refractivity contribution in [2.75, 3.05) is 6.54 Å². The summed E-state index contributed by atoms with van der Waals surface area (Å²) < 4.78 is 0. The lowest BCUT2D eigenvalue weighted by atomic mass is 9.65. The normalized spacial score (nSPS) is 32.4. The molecule has 23 heavy (non-hydrogen) atoms. The average molecular weight is 309 g/mol. The third-order valence-corrected chi connectivity index (χ3v) is 5.75. The van der Waals surface area contributed by atoms with Crippen LogP contribution >= 0.6 is 0 Å². The molecule has 4 atom stereocenters. The summed E-state index contributed by atoms with van der Waals surface area (Å²) in [4.78, 5) is 0. The standard InChI is InChI=1S/C20H23NO2/c22-18-12-11-17-16(19(18)23)13-21-20(17,14-7-3-1-4-8-14)15-9-5-2-6-10-15/h1-10,16-19,21-23H,11-13H2. The summed E-state index contributed by atoms with van der Waals surface area (Å²) in [6, 6.07) is 21.0. The highest BCUT2D eigenvalue weighted by Crippen LogP contribution is 2.50. The van der Waals surface area contributed by atoms with E-state index in [0.29, 0.717) is 6.42 Å². The fourth-order valence-electron chi connectivity index (χ4n) is 4.67. The first-order valence-corrected chi connectivity index (χ1v) is 8.45. The van der Waals surface area contributed by atoms with Crippen molar-refractivity contribution < 1.29 is 10.2 Å². The molecule has 2 aromatic rings. The highest BCUT2D eigenvalue weighted by Gasteiger charge is 2.54. The first kappa shape index (κ1) is 14.9. The summed E-state index contributed by atoms with van der Waals surface area (Å²) >= 11 is 0. The lowest BCUT2D eigenvalue weighted by Crippen LogP contribution is -2.48. The summed E-state index contributed by atoms with van der Waals surface area (Å²) in [6.45, 7) is 0.729. The Labute approximate surface area is 137 Å². The Bertz CT molecular complexity index is 618. The van der Waals surface area contributed by atoms with E-state index in [1.165, 1.54) is 11.1 Å². The van der Waals surface area contributed by atoms with Crippen molar-refractivity contribution in [1.82, 2.24) is 5.32 Å². The van der Waals surface area contributed by atoms with E-state index < -0.39 is 12.2 Å². The molecule has 0 aromatic heterocycles. The minimum absolute atomic E-state index is 0.0826. The molecule has 1 heterocycles. The van der Waals surface area contributed by atoms with Gasteiger partial charge in [0, 0.05) is 12.5 Å². The van der Waals surface area contributed by atoms with E-state index >= 15 is 0 Å². The van der Waals surface area contributed by atoms with Gasteiger partial charge in [-0.2, -0.15) is 0 Å². The maximum atomic E-state index is 10.5. The van der Waals surface area contributed by atoms with Crippen LogP contribution in [-0.4, -0.2) is 29.0 Å². The van der Waals surface area contributed by atoms with Gasteiger partial charge in [-0.05, 0) is 29.9 Å². The second-order valence-electron chi connectivity index (χ2n) is 6.83. The van der Waals surface area contributed by atoms with Gasteiger partial charge < -0.3 is 15.5 Å². The quantitative estimate of drug-likeness (QED) is 0.798. The molecule has 2 aromatic carbocycles. The van der Waals surface area contributed by atoms with Crippen LogP contribution < -0.4 is 5.32 Å². The molecule has 3 N–H and O–H groups in total. The molecule has 3 nitrogen and oxygen atoms in total. The van der Waals surface area contributed by atoms with Crippen LogP contribution in [0.3, 0.4) is 0 Å². The lowest BCUT2D eigenvalue weighted by molar-refractivity contribution is -0.0608. The van der Waals surface area contributed by atoms with Crippen molar-refractivity contribution in [3.8, 4) is 0 Å². The Morgan fingerprint density at radius 2 is 1.39 bits per heavy atom. The lowest BCUT2D eigenvalue weighted by Gasteiger charge is -2.43. The Hall–Kier alpha value is -1.68. The molecular formula is C20H23NO2. The van der Waals surface area contributed by atoms with Gasteiger partial charge >= 0.3 is 0 Å². The molecule has 0 amide bonds. The molecule has 1 saturated carbocycles. The summed E-state index contributed by atoms with van der Waals surface area (Å²) in [5, 5.41) is 24.3. The maximum Gasteiger partial charge on any atom is 0.0842 e. The molecule has 1 aliphatic carbocycles. The number of hydrogen-bond donors (Lipinski definition) is 3. The maximum absolute atomic E-state index is 10.5. The largest absolute Gasteiger partial charge is 0.390 e. The second kappa shape index (κ2) is 5.75. The molecule has 0 spiro atoms. The van der Waals surface area contributed by atoms with Gasteiger partial charge in [0.05, 0.1) is 17.7 Å². The van der Waals surface area contributed by atoms with Gasteiger partial charge in [-0.3, -0.25) is 0 Å². The van der Waals surface area contributed by atoms with Gasteiger partial charge in [-0.25, -0.2) is 0 Å². The molecule has 120 valence electrons. The van der Waals surface area contributed by atoms with Crippen LogP contribution in [0.2, 0.25) is 0 Å². The predicted octanol–water partition coefficient (Wildman–Crippen LogP) is 2.28. The third-order valence-electron chi connectivity index (χ3n) is 5.75. The molecule has 1 saturated heterocycles. The van der Waals surface area contributed by atoms with E-state index in [-0.39, 0.29) is 17.4 Å². The molecule has 2 fully saturated rings. The van der Waals surface area contributed by atoms with Crippen LogP contribution in [0.5, 0.6) is 0 Å². The molecule has 0 radical (unpaired) electrons. The number of nitrogens with one attached hydrogen (secondary N) is 1. The summed E-state index contributed by atoms with van der Waals surface area (Å²) in [5.41, 5.74) is 2.19. The first-order valence-electron chi connectivity index (χ1n) is 8.45. The van der Waals surface area contributed by atoms with Crippen LogP contribution in [0, 0.1) is 11.8 Å². The number of fused-ring (bicyclic) bond motifs is 1. The molecule has 0 bridgehead atoms. The van der Waals surface area contributed by atoms with Gasteiger partial charge in [0.1, 0.15) is 0 Å². The average Bonchev–Trinajstić information content (AvgIpc) is 3.01. The minimum Gasteiger partial charge on any atom is -0.390 e. The number of aliphatic hydroxyl groups is 2. The van der Waals surface area contributed by atoms with Gasteiger partial charge in [0.25, 0.3) is 0 Å². The number of rotatable bonds is 2. The van der Waals surface area contributed by atoms with Crippen LogP contribution in [0.1, 0.15) is 24.0 Å². The monoisotopic (exact) mass is 309 g/mol. The van der Waals surface area contributed by atoms with Crippen molar-refractivity contribution in [1.29, 1.82) is 0 Å². The molecule has 4 unspecified atom stereocenters. The van der Waals surface area contributed by atoms with Crippen molar-refractivity contribution in [3.63, 3.8) is 0 Å². The third kappa shape index (κ3) is 2.23. The van der Waals surface area contributed by atoms with E-state index in [2.05, 4.69) is 53.8 Å². The van der Waals surface area contributed by atoms with Gasteiger partial charge in [0.2, 0.25) is 0 Å². The van der Waals surface area contributed by atoms with Crippen molar-refractivity contribution >= 4 is 0 Å². The fraction of sp³-hybridized carbons (Fsp3) is 0.400. The number of hydrogen-bond acceptors (Lipinski definition) is 3. The molecular weight excluding hydrogens is 286 g/mol. The van der Waals surface area contributed by atoms with Crippen LogP contribution in [0.4, 0.5) is 0 Å². The van der Waals surface area contributed by atoms with Gasteiger partial charge in [0.15, 0.2) is 0 Å². The van der Waals surface area contributed by atoms with Crippen LogP contribution in [-0.2, 0) is 5.54 Å². The number of aliphatic hydroxyl groups excluding tert-OH is 2. The highest BCUT2D eigenvalue weighted by atomic mass is 16.3. The molecule has 4 rings (SSSR count). The van der Waals surface area contributed by atoms with Crippen LogP contribution in [0.15, 0.2) is 60.7 Å². The van der Waals surface area contributed by atoms with Gasteiger partial charge in [-0.1, -0.05) is 60.7 Å². The minimum atomic E-state index is -0.643. The van der Waals surface area contributed by atoms with E-state index in [4.69, 9.17) is 0 Å². The van der Waals surface area contributed by atoms with E-state index in [0.717, 1.165) is 13.0 Å². The zero-order valence-electron chi connectivity index (χ0n) is 13.1. The smallest absolute Gasteiger partial charge is 0.0842 e. The van der Waals surface area contributed by atoms with Crippen LogP contribution in [0.25, 0.3) is 0 Å². The van der Waals surface area contributed by atoms with Crippen molar-refractivity contribution in [3.05, 3.63) is 71.8 Å². The van der Waals surface area contributed by atoms with Crippen molar-refractivity contribution in [2.45, 2.75) is 30.6 Å². The predicted molar refractivity (Wildman–Crippen MR) is 89.9 cm³/mol. The first-order chi connectivity index (χ1) is 11.2. The fourth-order valence-corrected chi connectivity index (χ4v) is 4.67. The van der Waals surface area contributed by atoms with E-state index in [1.54, 1.807) is 0 Å². The Kier molecular flexibility index (Phi) is 3.72. The zero-order chi connectivity index (χ0) is 15.9. The van der Waals surface area contributed by atoms with Crippen molar-refractivity contribution in [2.24, 2.45) is 11.8 Å². The Morgan fingerprint density at radius 3 is 1.96 bits per heavy atom. The highest BCUT2D eigenvalue weighted by molar-refractivity contribution is 5.41. The summed E-state index contributed by atoms with van der Waals surface area (Å²) in [7, 11) is 0. The zero-order valence-corrected chi connectivity index (χ0v) is 13.1. The molecule has 1 aliphatic heterocycles. The summed E-state index contributed by atoms with van der Waals surface area (Å²) in [5.74, 6) is 0.366.